The molecule has 44 heavy (non-hydrogen) atoms. The number of sulfonamides is 2. The molecule has 0 heterocycles. The predicted molar refractivity (Wildman–Crippen MR) is 170 cm³/mol. The molecular weight excluding hydrogens is 601 g/mol. The van der Waals surface area contributed by atoms with E-state index >= 15 is 0 Å². The Hall–Kier alpha value is -4.94. The number of benzene rings is 4. The standard InChI is InChI=1S/C32H30N4O6S2/c1-20-4-16-27(17-5-20)43(39,40)35-25-12-8-23(9-13-25)33-31(37)29-22(3)30(29)32(38)34-24-10-14-26(15-11-24)36-44(41,42)28-18-6-21(2)7-19-28/h4-19,29-30,35-36H,3H2,1-2H3,(H,33,37)(H,34,38)/t29-,30?/m0/s1. The number of hydrogen-bond acceptors (Lipinski definition) is 6. The fraction of sp³-hybridized carbons (Fsp3) is 0.125. The van der Waals surface area contributed by atoms with Crippen LogP contribution in [0.3, 0.4) is 0 Å². The third-order valence-electron chi connectivity index (χ3n) is 7.06. The molecule has 4 N–H and O–H groups in total. The highest BCUT2D eigenvalue weighted by Gasteiger charge is 2.52. The van der Waals surface area contributed by atoms with Crippen molar-refractivity contribution in [3.05, 3.63) is 120 Å². The van der Waals surface area contributed by atoms with Crippen molar-refractivity contribution in [3.8, 4) is 0 Å². The summed E-state index contributed by atoms with van der Waals surface area (Å²) in [6, 6.07) is 25.3. The largest absolute Gasteiger partial charge is 0.326 e. The Morgan fingerprint density at radius 3 is 1.14 bits per heavy atom. The zero-order chi connectivity index (χ0) is 31.6. The molecule has 12 heteroatoms. The first kappa shape index (κ1) is 30.5. The summed E-state index contributed by atoms with van der Waals surface area (Å²) in [6.07, 6.45) is 0. The highest BCUT2D eigenvalue weighted by molar-refractivity contribution is 7.93. The lowest BCUT2D eigenvalue weighted by atomic mass is 10.2. The lowest BCUT2D eigenvalue weighted by Gasteiger charge is -2.10. The Kier molecular flexibility index (Phi) is 8.31. The van der Waals surface area contributed by atoms with Crippen LogP contribution in [0.15, 0.2) is 119 Å². The van der Waals surface area contributed by atoms with Crippen LogP contribution in [0, 0.1) is 25.7 Å². The second-order valence-corrected chi connectivity index (χ2v) is 13.9. The minimum atomic E-state index is -3.77. The van der Waals surface area contributed by atoms with Crippen molar-refractivity contribution in [2.75, 3.05) is 20.1 Å². The van der Waals surface area contributed by atoms with Gasteiger partial charge in [-0.25, -0.2) is 16.8 Å². The van der Waals surface area contributed by atoms with Gasteiger partial charge >= 0.3 is 0 Å². The SMILES string of the molecule is C=C1C(C(=O)Nc2ccc(NS(=O)(=O)c3ccc(C)cc3)cc2)[C@H]1C(=O)Nc1ccc(NS(=O)(=O)c2ccc(C)cc2)cc1. The molecule has 5 rings (SSSR count). The number of amides is 2. The van der Waals surface area contributed by atoms with Crippen molar-refractivity contribution in [2.45, 2.75) is 23.6 Å². The lowest BCUT2D eigenvalue weighted by Crippen LogP contribution is -2.20. The molecule has 2 atom stereocenters. The maximum atomic E-state index is 12.9. The first-order valence-corrected chi connectivity index (χ1v) is 16.5. The molecule has 0 spiro atoms. The number of hydrogen-bond donors (Lipinski definition) is 4. The molecule has 1 fully saturated rings. The van der Waals surface area contributed by atoms with Crippen molar-refractivity contribution in [3.63, 3.8) is 0 Å². The molecule has 1 saturated carbocycles. The van der Waals surface area contributed by atoms with E-state index in [1.54, 1.807) is 48.5 Å². The summed E-state index contributed by atoms with van der Waals surface area (Å²) in [6.45, 7) is 7.59. The Bertz CT molecular complexity index is 1800. The van der Waals surface area contributed by atoms with E-state index in [1.165, 1.54) is 48.5 Å². The molecule has 0 saturated heterocycles. The van der Waals surface area contributed by atoms with Crippen LogP contribution >= 0.6 is 0 Å². The molecule has 0 aliphatic heterocycles. The van der Waals surface area contributed by atoms with Crippen molar-refractivity contribution in [1.29, 1.82) is 0 Å². The number of anilines is 4. The average molecular weight is 631 g/mol. The van der Waals surface area contributed by atoms with Crippen LogP contribution in [0.1, 0.15) is 11.1 Å². The number of rotatable bonds is 10. The third-order valence-corrected chi connectivity index (χ3v) is 9.85. The fourth-order valence-corrected chi connectivity index (χ4v) is 6.62. The van der Waals surface area contributed by atoms with Crippen molar-refractivity contribution >= 4 is 54.6 Å². The van der Waals surface area contributed by atoms with Crippen LogP contribution in [0.4, 0.5) is 22.7 Å². The molecule has 4 aromatic carbocycles. The maximum absolute atomic E-state index is 12.9. The number of nitrogens with one attached hydrogen (secondary N) is 4. The van der Waals surface area contributed by atoms with E-state index in [0.717, 1.165) is 11.1 Å². The van der Waals surface area contributed by atoms with Gasteiger partial charge in [-0.1, -0.05) is 47.5 Å². The molecule has 0 radical (unpaired) electrons. The van der Waals surface area contributed by atoms with Crippen LogP contribution in [0.2, 0.25) is 0 Å². The smallest absolute Gasteiger partial charge is 0.261 e. The van der Waals surface area contributed by atoms with Gasteiger partial charge in [-0.05, 0) is 86.6 Å². The average Bonchev–Trinajstić information content (AvgIpc) is 3.66. The Morgan fingerprint density at radius 1 is 0.523 bits per heavy atom. The van der Waals surface area contributed by atoms with Crippen LogP contribution < -0.4 is 20.1 Å². The highest BCUT2D eigenvalue weighted by atomic mass is 32.2. The van der Waals surface area contributed by atoms with E-state index in [4.69, 9.17) is 0 Å². The minimum absolute atomic E-state index is 0.135. The molecule has 4 aromatic rings. The van der Waals surface area contributed by atoms with Crippen LogP contribution in [0.25, 0.3) is 0 Å². The first-order chi connectivity index (χ1) is 20.8. The van der Waals surface area contributed by atoms with Crippen molar-refractivity contribution < 1.29 is 26.4 Å². The van der Waals surface area contributed by atoms with E-state index in [9.17, 15) is 26.4 Å². The van der Waals surface area contributed by atoms with Gasteiger partial charge < -0.3 is 10.6 Å². The van der Waals surface area contributed by atoms with Crippen LogP contribution in [-0.2, 0) is 29.6 Å². The number of carbonyl (C=O) groups is 2. The zero-order valence-electron chi connectivity index (χ0n) is 23.9. The van der Waals surface area contributed by atoms with E-state index in [2.05, 4.69) is 26.7 Å². The van der Waals surface area contributed by atoms with E-state index in [-0.39, 0.29) is 9.79 Å². The van der Waals surface area contributed by atoms with Gasteiger partial charge in [-0.2, -0.15) is 0 Å². The van der Waals surface area contributed by atoms with E-state index in [1.807, 2.05) is 13.8 Å². The monoisotopic (exact) mass is 630 g/mol. The Labute approximate surface area is 256 Å². The molecule has 1 aliphatic carbocycles. The van der Waals surface area contributed by atoms with Crippen molar-refractivity contribution in [2.24, 2.45) is 11.8 Å². The summed E-state index contributed by atoms with van der Waals surface area (Å²) in [7, 11) is -7.53. The molecule has 0 aromatic heterocycles. The summed E-state index contributed by atoms with van der Waals surface area (Å²) < 4.78 is 55.5. The molecular formula is C32H30N4O6S2. The molecule has 0 bridgehead atoms. The van der Waals surface area contributed by atoms with Gasteiger partial charge in [0.05, 0.1) is 21.6 Å². The summed E-state index contributed by atoms with van der Waals surface area (Å²) >= 11 is 0. The normalized spacial score (nSPS) is 16.1. The van der Waals surface area contributed by atoms with Crippen LogP contribution in [-0.4, -0.2) is 28.6 Å². The van der Waals surface area contributed by atoms with Gasteiger partial charge in [0.2, 0.25) is 11.8 Å². The van der Waals surface area contributed by atoms with Gasteiger partial charge in [0.15, 0.2) is 0 Å². The Morgan fingerprint density at radius 2 is 0.818 bits per heavy atom. The van der Waals surface area contributed by atoms with Gasteiger partial charge in [0, 0.05) is 22.7 Å². The van der Waals surface area contributed by atoms with Gasteiger partial charge in [0.25, 0.3) is 20.0 Å². The molecule has 1 aliphatic rings. The Balaban J connectivity index is 1.14. The molecule has 10 nitrogen and oxygen atoms in total. The van der Waals surface area contributed by atoms with Gasteiger partial charge in [-0.15, -0.1) is 0 Å². The lowest BCUT2D eigenvalue weighted by molar-refractivity contribution is -0.122. The van der Waals surface area contributed by atoms with E-state index in [0.29, 0.717) is 28.3 Å². The third kappa shape index (κ3) is 6.99. The summed E-state index contributed by atoms with van der Waals surface area (Å²) in [5.74, 6) is -2.28. The van der Waals surface area contributed by atoms with E-state index < -0.39 is 43.7 Å². The van der Waals surface area contributed by atoms with Gasteiger partial charge in [-0.3, -0.25) is 19.0 Å². The molecule has 226 valence electrons. The second-order valence-electron chi connectivity index (χ2n) is 10.5. The van der Waals surface area contributed by atoms with Gasteiger partial charge in [0.1, 0.15) is 0 Å². The minimum Gasteiger partial charge on any atom is -0.326 e. The summed E-state index contributed by atoms with van der Waals surface area (Å²) in [5, 5.41) is 5.47. The molecule has 2 amide bonds. The number of carbonyl (C=O) groups excluding carboxylic acids is 2. The highest BCUT2D eigenvalue weighted by Crippen LogP contribution is 2.45. The zero-order valence-corrected chi connectivity index (χ0v) is 25.5. The number of aryl methyl sites for hydroxylation is 2. The summed E-state index contributed by atoms with van der Waals surface area (Å²) in [5.41, 5.74) is 3.85. The molecule has 1 unspecified atom stereocenters. The fourth-order valence-electron chi connectivity index (χ4n) is 4.50. The van der Waals surface area contributed by atoms with Crippen LogP contribution in [0.5, 0.6) is 0 Å². The second kappa shape index (κ2) is 12.0. The van der Waals surface area contributed by atoms with Crippen molar-refractivity contribution in [1.82, 2.24) is 0 Å². The first-order valence-electron chi connectivity index (χ1n) is 13.5. The quantitative estimate of drug-likeness (QED) is 0.175. The summed E-state index contributed by atoms with van der Waals surface area (Å²) in [4.78, 5) is 26.0. The topological polar surface area (TPSA) is 151 Å². The predicted octanol–water partition coefficient (Wildman–Crippen LogP) is 5.28. The maximum Gasteiger partial charge on any atom is 0.261 e.